The summed E-state index contributed by atoms with van der Waals surface area (Å²) in [7, 11) is 3.98. The van der Waals surface area contributed by atoms with Crippen molar-refractivity contribution in [3.63, 3.8) is 0 Å². The Morgan fingerprint density at radius 3 is 2.57 bits per heavy atom. The van der Waals surface area contributed by atoms with Gasteiger partial charge in [-0.05, 0) is 57.4 Å². The van der Waals surface area contributed by atoms with Gasteiger partial charge in [-0.15, -0.1) is 0 Å². The minimum Gasteiger partial charge on any atom is -0.377 e. The van der Waals surface area contributed by atoms with Crippen LogP contribution in [0.15, 0.2) is 46.9 Å². The van der Waals surface area contributed by atoms with Gasteiger partial charge in [-0.1, -0.05) is 29.8 Å². The summed E-state index contributed by atoms with van der Waals surface area (Å²) in [5, 5.41) is 9.99. The van der Waals surface area contributed by atoms with E-state index in [1.54, 1.807) is 12.1 Å². The van der Waals surface area contributed by atoms with Crippen molar-refractivity contribution in [1.82, 2.24) is 0 Å². The third-order valence-corrected chi connectivity index (χ3v) is 3.89. The predicted octanol–water partition coefficient (Wildman–Crippen LogP) is 5.23. The summed E-state index contributed by atoms with van der Waals surface area (Å²) in [5.74, 6) is 0. The second kappa shape index (κ2) is 6.80. The Kier molecular flexibility index (Phi) is 5.06. The van der Waals surface area contributed by atoms with E-state index in [0.717, 1.165) is 21.3 Å². The maximum atomic E-state index is 9.36. The highest BCUT2D eigenvalue weighted by molar-refractivity contribution is 9.10. The lowest BCUT2D eigenvalue weighted by Gasteiger charge is -2.14. The molecule has 0 unspecified atom stereocenters. The quantitative estimate of drug-likeness (QED) is 0.552. The molecule has 0 N–H and O–H groups in total. The van der Waals surface area contributed by atoms with Gasteiger partial charge < -0.3 is 4.90 Å². The van der Waals surface area contributed by atoms with E-state index in [2.05, 4.69) is 22.0 Å². The fraction of sp³-hybridized carbons (Fsp3) is 0.118. The van der Waals surface area contributed by atoms with E-state index in [-0.39, 0.29) is 0 Å². The largest absolute Gasteiger partial charge is 0.377 e. The van der Waals surface area contributed by atoms with Crippen molar-refractivity contribution in [1.29, 1.82) is 5.26 Å². The van der Waals surface area contributed by atoms with Gasteiger partial charge in [0.15, 0.2) is 0 Å². The molecule has 0 aliphatic heterocycles. The fourth-order valence-corrected chi connectivity index (χ4v) is 2.92. The molecule has 0 amide bonds. The zero-order valence-electron chi connectivity index (χ0n) is 11.8. The van der Waals surface area contributed by atoms with Crippen molar-refractivity contribution in [3.05, 3.63) is 63.1 Å². The lowest BCUT2D eigenvalue weighted by molar-refractivity contribution is 1.12. The number of nitriles is 1. The summed E-state index contributed by atoms with van der Waals surface area (Å²) in [6.45, 7) is 0. The van der Waals surface area contributed by atoms with E-state index in [4.69, 9.17) is 11.6 Å². The van der Waals surface area contributed by atoms with Gasteiger partial charge >= 0.3 is 0 Å². The van der Waals surface area contributed by atoms with Gasteiger partial charge in [-0.25, -0.2) is 0 Å². The summed E-state index contributed by atoms with van der Waals surface area (Å²) >= 11 is 9.53. The second-order valence-electron chi connectivity index (χ2n) is 4.79. The first kappa shape index (κ1) is 15.6. The number of anilines is 1. The van der Waals surface area contributed by atoms with Crippen molar-refractivity contribution in [3.8, 4) is 6.07 Å². The molecule has 0 aliphatic rings. The Balaban J connectivity index is 2.42. The van der Waals surface area contributed by atoms with E-state index in [1.165, 1.54) is 0 Å². The molecule has 0 heterocycles. The van der Waals surface area contributed by atoms with Gasteiger partial charge in [-0.3, -0.25) is 0 Å². The maximum absolute atomic E-state index is 9.36. The first-order valence-corrected chi connectivity index (χ1v) is 7.53. The van der Waals surface area contributed by atoms with Gasteiger partial charge in [0.05, 0.1) is 17.3 Å². The maximum Gasteiger partial charge on any atom is 0.0998 e. The molecular weight excluding hydrogens is 348 g/mol. The predicted molar refractivity (Wildman–Crippen MR) is 93.4 cm³/mol. The van der Waals surface area contributed by atoms with Gasteiger partial charge in [0, 0.05) is 23.6 Å². The number of benzene rings is 2. The molecule has 0 aliphatic carbocycles. The Morgan fingerprint density at radius 2 is 2.00 bits per heavy atom. The summed E-state index contributed by atoms with van der Waals surface area (Å²) in [5.41, 5.74) is 3.46. The number of hydrogen-bond donors (Lipinski definition) is 0. The van der Waals surface area contributed by atoms with Crippen LogP contribution in [0.4, 0.5) is 5.69 Å². The Hall–Kier alpha value is -1.76. The molecule has 0 spiro atoms. The van der Waals surface area contributed by atoms with E-state index in [0.29, 0.717) is 10.6 Å². The van der Waals surface area contributed by atoms with Crippen LogP contribution in [0.2, 0.25) is 5.02 Å². The molecule has 2 aromatic rings. The SMILES string of the molecule is CN(C)c1ccc(/C=C(/C#N)c2cccc(Cl)c2)cc1Br. The molecule has 0 radical (unpaired) electrons. The Labute approximate surface area is 138 Å². The topological polar surface area (TPSA) is 27.0 Å². The molecule has 0 fully saturated rings. The van der Waals surface area contributed by atoms with Crippen LogP contribution in [-0.2, 0) is 0 Å². The van der Waals surface area contributed by atoms with Crippen LogP contribution in [0.1, 0.15) is 11.1 Å². The van der Waals surface area contributed by atoms with Crippen LogP contribution in [0.5, 0.6) is 0 Å². The summed E-state index contributed by atoms with van der Waals surface area (Å²) in [4.78, 5) is 2.03. The van der Waals surface area contributed by atoms with Gasteiger partial charge in [0.1, 0.15) is 0 Å². The molecule has 2 nitrogen and oxygen atoms in total. The van der Waals surface area contributed by atoms with Crippen molar-refractivity contribution < 1.29 is 0 Å². The van der Waals surface area contributed by atoms with Crippen molar-refractivity contribution in [2.24, 2.45) is 0 Å². The number of nitrogens with zero attached hydrogens (tertiary/aromatic N) is 2. The van der Waals surface area contributed by atoms with Crippen molar-refractivity contribution in [2.45, 2.75) is 0 Å². The smallest absolute Gasteiger partial charge is 0.0998 e. The highest BCUT2D eigenvalue weighted by Gasteiger charge is 2.05. The molecule has 0 aromatic heterocycles. The minimum atomic E-state index is 0.585. The first-order chi connectivity index (χ1) is 10.0. The van der Waals surface area contributed by atoms with Gasteiger partial charge in [-0.2, -0.15) is 5.26 Å². The highest BCUT2D eigenvalue weighted by Crippen LogP contribution is 2.28. The summed E-state index contributed by atoms with van der Waals surface area (Å²) < 4.78 is 0.990. The number of hydrogen-bond acceptors (Lipinski definition) is 2. The molecule has 21 heavy (non-hydrogen) atoms. The molecular formula is C17H14BrClN2. The molecule has 0 saturated carbocycles. The molecule has 4 heteroatoms. The molecule has 2 rings (SSSR count). The lowest BCUT2D eigenvalue weighted by atomic mass is 10.0. The van der Waals surface area contributed by atoms with E-state index < -0.39 is 0 Å². The average Bonchev–Trinajstić information content (AvgIpc) is 2.44. The number of rotatable bonds is 3. The van der Waals surface area contributed by atoms with E-state index in [1.807, 2.05) is 55.4 Å². The standard InChI is InChI=1S/C17H14BrClN2/c1-21(2)17-7-6-12(9-16(17)18)8-14(11-20)13-4-3-5-15(19)10-13/h3-10H,1-2H3/b14-8-. The van der Waals surface area contributed by atoms with Crippen LogP contribution in [0.25, 0.3) is 11.6 Å². The van der Waals surface area contributed by atoms with Gasteiger partial charge in [0.25, 0.3) is 0 Å². The molecule has 0 bridgehead atoms. The lowest BCUT2D eigenvalue weighted by Crippen LogP contribution is -2.09. The Bertz CT molecular complexity index is 730. The third-order valence-electron chi connectivity index (χ3n) is 3.02. The zero-order valence-corrected chi connectivity index (χ0v) is 14.1. The average molecular weight is 362 g/mol. The van der Waals surface area contributed by atoms with Crippen LogP contribution in [-0.4, -0.2) is 14.1 Å². The normalized spacial score (nSPS) is 11.1. The van der Waals surface area contributed by atoms with Crippen LogP contribution in [0.3, 0.4) is 0 Å². The van der Waals surface area contributed by atoms with Gasteiger partial charge in [0.2, 0.25) is 0 Å². The highest BCUT2D eigenvalue weighted by atomic mass is 79.9. The number of halogens is 2. The summed E-state index contributed by atoms with van der Waals surface area (Å²) in [6.07, 6.45) is 1.86. The van der Waals surface area contributed by atoms with E-state index >= 15 is 0 Å². The Morgan fingerprint density at radius 1 is 1.24 bits per heavy atom. The minimum absolute atomic E-state index is 0.585. The van der Waals surface area contributed by atoms with E-state index in [9.17, 15) is 5.26 Å². The monoisotopic (exact) mass is 360 g/mol. The van der Waals surface area contributed by atoms with Crippen molar-refractivity contribution >= 4 is 44.9 Å². The van der Waals surface area contributed by atoms with Crippen molar-refractivity contribution in [2.75, 3.05) is 19.0 Å². The third kappa shape index (κ3) is 3.87. The molecule has 0 atom stereocenters. The van der Waals surface area contributed by atoms with Crippen LogP contribution >= 0.6 is 27.5 Å². The first-order valence-electron chi connectivity index (χ1n) is 6.36. The van der Waals surface area contributed by atoms with Crippen LogP contribution in [0, 0.1) is 11.3 Å². The second-order valence-corrected chi connectivity index (χ2v) is 6.08. The zero-order chi connectivity index (χ0) is 15.4. The van der Waals surface area contributed by atoms with Crippen LogP contribution < -0.4 is 4.90 Å². The fourth-order valence-electron chi connectivity index (χ4n) is 1.98. The number of allylic oxidation sites excluding steroid dienone is 1. The summed E-state index contributed by atoms with van der Waals surface area (Å²) in [6, 6.07) is 15.5. The molecule has 0 saturated heterocycles. The molecule has 106 valence electrons. The molecule has 2 aromatic carbocycles.